The first-order valence-corrected chi connectivity index (χ1v) is 10.1. The molecule has 154 valence electrons. The summed E-state index contributed by atoms with van der Waals surface area (Å²) in [7, 11) is 1.76. The smallest absolute Gasteiger partial charge is 0.252 e. The Morgan fingerprint density at radius 2 is 2.00 bits per heavy atom. The molecule has 1 fully saturated rings. The van der Waals surface area contributed by atoms with Crippen LogP contribution in [0.2, 0.25) is 0 Å². The maximum Gasteiger partial charge on any atom is 0.252 e. The number of methoxy groups -OCH3 is 1. The van der Waals surface area contributed by atoms with Crippen LogP contribution in [0.25, 0.3) is 0 Å². The number of carbonyl (C=O) groups is 1. The molecule has 1 N–H and O–H groups in total. The molecule has 2 aliphatic heterocycles. The predicted molar refractivity (Wildman–Crippen MR) is 110 cm³/mol. The lowest BCUT2D eigenvalue weighted by Gasteiger charge is -2.32. The van der Waals surface area contributed by atoms with Crippen LogP contribution in [0.15, 0.2) is 42.6 Å². The van der Waals surface area contributed by atoms with Gasteiger partial charge in [0.15, 0.2) is 11.5 Å². The van der Waals surface area contributed by atoms with Gasteiger partial charge in [-0.3, -0.25) is 4.79 Å². The molecule has 2 aliphatic rings. The van der Waals surface area contributed by atoms with Crippen LogP contribution >= 0.6 is 0 Å². The van der Waals surface area contributed by atoms with E-state index in [0.717, 1.165) is 43.2 Å². The highest BCUT2D eigenvalue weighted by Crippen LogP contribution is 2.31. The van der Waals surface area contributed by atoms with Gasteiger partial charge in [-0.1, -0.05) is 12.1 Å². The van der Waals surface area contributed by atoms with Gasteiger partial charge < -0.3 is 24.4 Å². The monoisotopic (exact) mass is 397 g/mol. The van der Waals surface area contributed by atoms with Crippen LogP contribution in [0, 0.1) is 0 Å². The molecule has 0 aliphatic carbocycles. The van der Waals surface area contributed by atoms with Crippen molar-refractivity contribution in [3.8, 4) is 11.5 Å². The van der Waals surface area contributed by atoms with Crippen LogP contribution < -0.4 is 19.7 Å². The second kappa shape index (κ2) is 9.13. The largest absolute Gasteiger partial charge is 0.486 e. The molecule has 2 aromatic rings. The van der Waals surface area contributed by atoms with Crippen molar-refractivity contribution in [3.05, 3.63) is 48.2 Å². The first-order valence-electron chi connectivity index (χ1n) is 10.1. The van der Waals surface area contributed by atoms with Crippen LogP contribution in [0.1, 0.15) is 29.6 Å². The molecule has 1 aromatic carbocycles. The van der Waals surface area contributed by atoms with E-state index in [1.807, 2.05) is 36.4 Å². The van der Waals surface area contributed by atoms with Crippen LogP contribution in [-0.4, -0.2) is 56.5 Å². The summed E-state index contributed by atoms with van der Waals surface area (Å²) in [4.78, 5) is 19.1. The lowest BCUT2D eigenvalue weighted by Crippen LogP contribution is -2.37. The number of anilines is 1. The zero-order valence-corrected chi connectivity index (χ0v) is 16.7. The second-order valence-electron chi connectivity index (χ2n) is 7.37. The molecule has 0 unspecified atom stereocenters. The van der Waals surface area contributed by atoms with Crippen LogP contribution in [0.5, 0.6) is 11.5 Å². The van der Waals surface area contributed by atoms with Crippen molar-refractivity contribution in [2.45, 2.75) is 31.5 Å². The third-order valence-electron chi connectivity index (χ3n) is 5.43. The number of aromatic nitrogens is 1. The molecule has 3 heterocycles. The Kier molecular flexibility index (Phi) is 6.14. The average molecular weight is 397 g/mol. The zero-order chi connectivity index (χ0) is 20.1. The van der Waals surface area contributed by atoms with Crippen LogP contribution in [-0.2, 0) is 4.74 Å². The van der Waals surface area contributed by atoms with E-state index >= 15 is 0 Å². The number of pyridine rings is 1. The fourth-order valence-corrected chi connectivity index (χ4v) is 3.68. The number of fused-ring (bicyclic) bond motifs is 1. The van der Waals surface area contributed by atoms with E-state index in [2.05, 4.69) is 15.2 Å². The van der Waals surface area contributed by atoms with Crippen molar-refractivity contribution < 1.29 is 19.0 Å². The predicted octanol–water partition coefficient (Wildman–Crippen LogP) is 2.66. The molecule has 7 nitrogen and oxygen atoms in total. The fourth-order valence-electron chi connectivity index (χ4n) is 3.68. The third-order valence-corrected chi connectivity index (χ3v) is 5.43. The Balaban J connectivity index is 1.23. The SMILES string of the molecule is COC1CCN(c2ccc(C(=O)NCC[C@@H]3COc4ccccc4O3)cn2)CC1. The van der Waals surface area contributed by atoms with Gasteiger partial charge in [0.25, 0.3) is 5.91 Å². The van der Waals surface area contributed by atoms with E-state index in [1.54, 1.807) is 13.3 Å². The van der Waals surface area contributed by atoms with Gasteiger partial charge >= 0.3 is 0 Å². The molecule has 1 aromatic heterocycles. The molecule has 7 heteroatoms. The Morgan fingerprint density at radius 1 is 1.21 bits per heavy atom. The zero-order valence-electron chi connectivity index (χ0n) is 16.7. The van der Waals surface area contributed by atoms with Gasteiger partial charge in [0.1, 0.15) is 18.5 Å². The quantitative estimate of drug-likeness (QED) is 0.808. The Bertz CT molecular complexity index is 819. The van der Waals surface area contributed by atoms with Crippen molar-refractivity contribution in [1.82, 2.24) is 10.3 Å². The summed E-state index contributed by atoms with van der Waals surface area (Å²) in [5.41, 5.74) is 0.562. The van der Waals surface area contributed by atoms with Crippen LogP contribution in [0.4, 0.5) is 5.82 Å². The summed E-state index contributed by atoms with van der Waals surface area (Å²) in [6, 6.07) is 11.4. The highest BCUT2D eigenvalue weighted by atomic mass is 16.6. The number of para-hydroxylation sites is 2. The van der Waals surface area contributed by atoms with E-state index in [9.17, 15) is 4.79 Å². The number of amides is 1. The molecule has 29 heavy (non-hydrogen) atoms. The van der Waals surface area contributed by atoms with Crippen molar-refractivity contribution in [2.75, 3.05) is 38.3 Å². The van der Waals surface area contributed by atoms with Crippen LogP contribution in [0.3, 0.4) is 0 Å². The topological polar surface area (TPSA) is 72.9 Å². The first kappa shape index (κ1) is 19.5. The molecule has 1 saturated heterocycles. The van der Waals surface area contributed by atoms with Gasteiger partial charge in [-0.25, -0.2) is 4.98 Å². The minimum atomic E-state index is -0.126. The lowest BCUT2D eigenvalue weighted by molar-refractivity contribution is 0.0812. The average Bonchev–Trinajstić information content (AvgIpc) is 2.79. The fraction of sp³-hybridized carbons (Fsp3) is 0.455. The minimum absolute atomic E-state index is 0.0688. The number of carbonyl (C=O) groups excluding carboxylic acids is 1. The number of hydrogen-bond donors (Lipinski definition) is 1. The highest BCUT2D eigenvalue weighted by Gasteiger charge is 2.21. The number of nitrogens with one attached hydrogen (secondary N) is 1. The number of rotatable bonds is 6. The minimum Gasteiger partial charge on any atom is -0.486 e. The van der Waals surface area contributed by atoms with Gasteiger partial charge in [0, 0.05) is 39.4 Å². The van der Waals surface area contributed by atoms with Gasteiger partial charge in [-0.15, -0.1) is 0 Å². The van der Waals surface area contributed by atoms with Crippen molar-refractivity contribution in [1.29, 1.82) is 0 Å². The van der Waals surface area contributed by atoms with E-state index < -0.39 is 0 Å². The maximum atomic E-state index is 12.4. The van der Waals surface area contributed by atoms with Gasteiger partial charge in [-0.2, -0.15) is 0 Å². The molecule has 0 radical (unpaired) electrons. The Morgan fingerprint density at radius 3 is 2.72 bits per heavy atom. The molecule has 4 rings (SSSR count). The van der Waals surface area contributed by atoms with Crippen molar-refractivity contribution in [3.63, 3.8) is 0 Å². The maximum absolute atomic E-state index is 12.4. The molecule has 0 spiro atoms. The summed E-state index contributed by atoms with van der Waals surface area (Å²) in [5, 5.41) is 2.94. The van der Waals surface area contributed by atoms with Gasteiger partial charge in [0.05, 0.1) is 11.7 Å². The third kappa shape index (κ3) is 4.79. The standard InChI is InChI=1S/C22H27N3O4/c1-27-17-9-12-25(13-10-17)21-7-6-16(14-24-21)22(26)23-11-8-18-15-28-19-4-2-3-5-20(19)29-18/h2-7,14,17-18H,8-13,15H2,1H3,(H,23,26)/t18-/m1/s1. The summed E-state index contributed by atoms with van der Waals surface area (Å²) in [6.07, 6.45) is 4.59. The van der Waals surface area contributed by atoms with Gasteiger partial charge in [0.2, 0.25) is 0 Å². The van der Waals surface area contributed by atoms with E-state index in [0.29, 0.717) is 31.2 Å². The molecule has 0 saturated carbocycles. The van der Waals surface area contributed by atoms with E-state index in [1.165, 1.54) is 0 Å². The number of nitrogens with zero attached hydrogens (tertiary/aromatic N) is 2. The van der Waals surface area contributed by atoms with E-state index in [-0.39, 0.29) is 12.0 Å². The number of ether oxygens (including phenoxy) is 3. The molecule has 1 amide bonds. The van der Waals surface area contributed by atoms with E-state index in [4.69, 9.17) is 14.2 Å². The number of hydrogen-bond acceptors (Lipinski definition) is 6. The van der Waals surface area contributed by atoms with Crippen molar-refractivity contribution in [2.24, 2.45) is 0 Å². The number of benzene rings is 1. The summed E-state index contributed by atoms with van der Waals surface area (Å²) < 4.78 is 17.0. The number of piperidine rings is 1. The lowest BCUT2D eigenvalue weighted by atomic mass is 10.1. The Labute approximate surface area is 171 Å². The first-order chi connectivity index (χ1) is 14.2. The van der Waals surface area contributed by atoms with Crippen molar-refractivity contribution >= 4 is 11.7 Å². The summed E-state index contributed by atoms with van der Waals surface area (Å²) in [6.45, 7) is 2.84. The summed E-state index contributed by atoms with van der Waals surface area (Å²) >= 11 is 0. The van der Waals surface area contributed by atoms with Gasteiger partial charge in [-0.05, 0) is 37.1 Å². The second-order valence-corrected chi connectivity index (χ2v) is 7.37. The highest BCUT2D eigenvalue weighted by molar-refractivity contribution is 5.94. The summed E-state index contributed by atoms with van der Waals surface area (Å²) in [5.74, 6) is 2.30. The molecule has 1 atom stereocenters. The molecular formula is C22H27N3O4. The molecule has 0 bridgehead atoms. The molecular weight excluding hydrogens is 370 g/mol. The Hall–Kier alpha value is -2.80. The normalized spacial score (nSPS) is 19.1.